The van der Waals surface area contributed by atoms with Gasteiger partial charge in [0.15, 0.2) is 5.82 Å². The fourth-order valence-corrected chi connectivity index (χ4v) is 7.21. The standard InChI is InChI=1S/C32H35N7O2/c1-36-16-23(14-34-36)19-6-7-20-12-27(38(26(20)11-19)15-18-4-5-18)31-35-24-10-22(13-28(41-3)30(24)37(31)2)32(40)39-17-21-8-9-25(39)29(21)33/h6-7,10-14,16,18,21,25,29H,4-5,8-9,15,17,33H2,1-3H3/t21?,25?,29-/m1/s1. The number of aromatic nitrogens is 5. The molecule has 2 N–H and O–H groups in total. The van der Waals surface area contributed by atoms with Gasteiger partial charge >= 0.3 is 0 Å². The highest BCUT2D eigenvalue weighted by Gasteiger charge is 2.47. The van der Waals surface area contributed by atoms with Crippen molar-refractivity contribution in [2.75, 3.05) is 13.7 Å². The molecular weight excluding hydrogens is 514 g/mol. The van der Waals surface area contributed by atoms with E-state index in [1.165, 1.54) is 23.7 Å². The van der Waals surface area contributed by atoms with E-state index in [2.05, 4.69) is 38.5 Å². The van der Waals surface area contributed by atoms with E-state index in [0.29, 0.717) is 23.1 Å². The Kier molecular flexibility index (Phi) is 5.38. The first-order valence-corrected chi connectivity index (χ1v) is 14.6. The number of amides is 1. The molecule has 2 aromatic carbocycles. The number of carbonyl (C=O) groups is 1. The van der Waals surface area contributed by atoms with Crippen LogP contribution < -0.4 is 10.5 Å². The van der Waals surface area contributed by atoms with Crippen molar-refractivity contribution in [1.29, 1.82) is 0 Å². The maximum absolute atomic E-state index is 13.7. The molecule has 0 spiro atoms. The van der Waals surface area contributed by atoms with E-state index in [1.54, 1.807) is 7.11 Å². The minimum Gasteiger partial charge on any atom is -0.494 e. The fraction of sp³-hybridized carbons (Fsp3) is 0.406. The third-order valence-electron chi connectivity index (χ3n) is 9.62. The molecule has 3 fully saturated rings. The van der Waals surface area contributed by atoms with Gasteiger partial charge in [-0.25, -0.2) is 4.98 Å². The number of imidazole rings is 1. The summed E-state index contributed by atoms with van der Waals surface area (Å²) in [5, 5.41) is 5.55. The largest absolute Gasteiger partial charge is 0.494 e. The molecule has 2 saturated carbocycles. The summed E-state index contributed by atoms with van der Waals surface area (Å²) in [5.74, 6) is 2.63. The Morgan fingerprint density at radius 2 is 1.93 bits per heavy atom. The Hall–Kier alpha value is -4.11. The van der Waals surface area contributed by atoms with Gasteiger partial charge in [-0.3, -0.25) is 9.48 Å². The summed E-state index contributed by atoms with van der Waals surface area (Å²) >= 11 is 0. The van der Waals surface area contributed by atoms with Crippen molar-refractivity contribution in [1.82, 2.24) is 28.8 Å². The third kappa shape index (κ3) is 3.82. The molecule has 3 aromatic heterocycles. The van der Waals surface area contributed by atoms with Gasteiger partial charge in [0.2, 0.25) is 0 Å². The normalized spacial score (nSPS) is 22.0. The van der Waals surface area contributed by atoms with Gasteiger partial charge in [0.1, 0.15) is 11.3 Å². The molecule has 8 rings (SSSR count). The number of hydrogen-bond acceptors (Lipinski definition) is 5. The van der Waals surface area contributed by atoms with E-state index in [1.807, 2.05) is 48.2 Å². The van der Waals surface area contributed by atoms with Gasteiger partial charge < -0.3 is 24.5 Å². The first-order valence-electron chi connectivity index (χ1n) is 14.6. The summed E-state index contributed by atoms with van der Waals surface area (Å²) in [5.41, 5.74) is 13.2. The monoisotopic (exact) mass is 549 g/mol. The van der Waals surface area contributed by atoms with Crippen LogP contribution in [-0.2, 0) is 20.6 Å². The molecule has 2 bridgehead atoms. The minimum absolute atomic E-state index is 0.0193. The highest BCUT2D eigenvalue weighted by atomic mass is 16.5. The molecule has 210 valence electrons. The van der Waals surface area contributed by atoms with Gasteiger partial charge in [0, 0.05) is 67.5 Å². The van der Waals surface area contributed by atoms with Gasteiger partial charge in [0.25, 0.3) is 5.91 Å². The van der Waals surface area contributed by atoms with Crippen molar-refractivity contribution in [2.24, 2.45) is 31.7 Å². The number of piperidine rings is 1. The second-order valence-corrected chi connectivity index (χ2v) is 12.2. The minimum atomic E-state index is 0.0193. The molecule has 2 aliphatic carbocycles. The lowest BCUT2D eigenvalue weighted by Crippen LogP contribution is -2.41. The Balaban J connectivity index is 1.25. The van der Waals surface area contributed by atoms with Crippen molar-refractivity contribution in [3.8, 4) is 28.4 Å². The number of benzene rings is 2. The number of likely N-dealkylation sites (tertiary alicyclic amines) is 1. The first-order chi connectivity index (χ1) is 19.9. The summed E-state index contributed by atoms with van der Waals surface area (Å²) in [4.78, 5) is 20.8. The zero-order valence-electron chi connectivity index (χ0n) is 23.7. The van der Waals surface area contributed by atoms with Gasteiger partial charge in [-0.05, 0) is 67.3 Å². The molecule has 9 heteroatoms. The molecule has 9 nitrogen and oxygen atoms in total. The van der Waals surface area contributed by atoms with Gasteiger partial charge in [-0.2, -0.15) is 5.10 Å². The van der Waals surface area contributed by atoms with Crippen molar-refractivity contribution in [2.45, 2.75) is 44.3 Å². The molecule has 41 heavy (non-hydrogen) atoms. The zero-order valence-corrected chi connectivity index (χ0v) is 23.7. The Bertz CT molecular complexity index is 1840. The molecule has 0 radical (unpaired) electrons. The second kappa shape index (κ2) is 8.94. The molecule has 4 heterocycles. The second-order valence-electron chi connectivity index (χ2n) is 12.2. The van der Waals surface area contributed by atoms with Crippen molar-refractivity contribution in [3.05, 3.63) is 54.4 Å². The summed E-state index contributed by atoms with van der Waals surface area (Å²) in [7, 11) is 5.64. The van der Waals surface area contributed by atoms with Crippen molar-refractivity contribution < 1.29 is 9.53 Å². The maximum Gasteiger partial charge on any atom is 0.254 e. The zero-order chi connectivity index (χ0) is 28.0. The molecular formula is C32H35N7O2. The molecule has 5 aromatic rings. The third-order valence-corrected chi connectivity index (χ3v) is 9.62. The van der Waals surface area contributed by atoms with Crippen LogP contribution >= 0.6 is 0 Å². The SMILES string of the molecule is COc1cc(C(=O)N2CC3CCC2[C@@H]3N)cc2nc(-c3cc4ccc(-c5cnn(C)c5)cc4n3CC3CC3)n(C)c12. The van der Waals surface area contributed by atoms with E-state index in [0.717, 1.165) is 59.6 Å². The van der Waals surface area contributed by atoms with Gasteiger partial charge in [-0.15, -0.1) is 0 Å². The summed E-state index contributed by atoms with van der Waals surface area (Å²) in [6.07, 6.45) is 8.57. The predicted octanol–water partition coefficient (Wildman–Crippen LogP) is 4.58. The number of ether oxygens (including phenoxy) is 1. The number of fused-ring (bicyclic) bond motifs is 4. The van der Waals surface area contributed by atoms with E-state index in [4.69, 9.17) is 15.5 Å². The number of nitrogens with zero attached hydrogens (tertiary/aromatic N) is 6. The topological polar surface area (TPSA) is 96.1 Å². The lowest BCUT2D eigenvalue weighted by Gasteiger charge is -2.27. The predicted molar refractivity (Wildman–Crippen MR) is 159 cm³/mol. The number of hydrogen-bond donors (Lipinski definition) is 1. The Morgan fingerprint density at radius 1 is 1.07 bits per heavy atom. The van der Waals surface area contributed by atoms with E-state index in [-0.39, 0.29) is 18.0 Å². The summed E-state index contributed by atoms with van der Waals surface area (Å²) in [6, 6.07) is 12.9. The van der Waals surface area contributed by atoms with Crippen LogP contribution in [0.5, 0.6) is 5.75 Å². The number of carbonyl (C=O) groups excluding carboxylic acids is 1. The lowest BCUT2D eigenvalue weighted by atomic mass is 10.1. The molecule has 1 amide bonds. The smallest absolute Gasteiger partial charge is 0.254 e. The highest BCUT2D eigenvalue weighted by Crippen LogP contribution is 2.40. The number of methoxy groups -OCH3 is 1. The molecule has 3 atom stereocenters. The number of nitrogens with two attached hydrogens (primary N) is 1. The van der Waals surface area contributed by atoms with Crippen LogP contribution in [0.15, 0.2) is 48.8 Å². The van der Waals surface area contributed by atoms with E-state index < -0.39 is 0 Å². The Labute approximate surface area is 238 Å². The number of rotatable bonds is 6. The van der Waals surface area contributed by atoms with Crippen LogP contribution in [0, 0.1) is 11.8 Å². The molecule has 3 aliphatic rings. The average molecular weight is 550 g/mol. The quantitative estimate of drug-likeness (QED) is 0.335. The first kappa shape index (κ1) is 24.7. The van der Waals surface area contributed by atoms with Gasteiger partial charge in [0.05, 0.1) is 24.5 Å². The van der Waals surface area contributed by atoms with Crippen LogP contribution in [0.3, 0.4) is 0 Å². The van der Waals surface area contributed by atoms with Crippen LogP contribution in [-0.4, -0.2) is 60.4 Å². The Morgan fingerprint density at radius 3 is 2.61 bits per heavy atom. The van der Waals surface area contributed by atoms with Crippen LogP contribution in [0.4, 0.5) is 0 Å². The van der Waals surface area contributed by atoms with E-state index >= 15 is 0 Å². The summed E-state index contributed by atoms with van der Waals surface area (Å²) in [6.45, 7) is 1.69. The van der Waals surface area contributed by atoms with Crippen molar-refractivity contribution in [3.63, 3.8) is 0 Å². The highest BCUT2D eigenvalue weighted by molar-refractivity contribution is 6.00. The summed E-state index contributed by atoms with van der Waals surface area (Å²) < 4.78 is 12.2. The van der Waals surface area contributed by atoms with E-state index in [9.17, 15) is 4.79 Å². The maximum atomic E-state index is 13.7. The van der Waals surface area contributed by atoms with Gasteiger partial charge in [-0.1, -0.05) is 12.1 Å². The van der Waals surface area contributed by atoms with Crippen LogP contribution in [0.25, 0.3) is 44.6 Å². The lowest BCUT2D eigenvalue weighted by molar-refractivity contribution is 0.0700. The fourth-order valence-electron chi connectivity index (χ4n) is 7.21. The van der Waals surface area contributed by atoms with Crippen LogP contribution in [0.1, 0.15) is 36.0 Å². The molecule has 1 aliphatic heterocycles. The van der Waals surface area contributed by atoms with Crippen LogP contribution in [0.2, 0.25) is 0 Å². The number of aryl methyl sites for hydroxylation is 2. The van der Waals surface area contributed by atoms with Crippen molar-refractivity contribution >= 4 is 27.8 Å². The average Bonchev–Trinajstić information content (AvgIpc) is 3.24. The molecule has 1 saturated heterocycles. The molecule has 2 unspecified atom stereocenters.